The quantitative estimate of drug-likeness (QED) is 0.834. The van der Waals surface area contributed by atoms with E-state index in [-0.39, 0.29) is 4.90 Å². The van der Waals surface area contributed by atoms with Gasteiger partial charge in [-0.25, -0.2) is 12.7 Å². The minimum absolute atomic E-state index is 0.166. The Morgan fingerprint density at radius 2 is 1.75 bits per heavy atom. The van der Waals surface area contributed by atoms with Crippen molar-refractivity contribution < 1.29 is 13.2 Å². The summed E-state index contributed by atoms with van der Waals surface area (Å²) in [5.74, 6) is 0.345. The zero-order valence-corrected chi connectivity index (χ0v) is 13.4. The fourth-order valence-electron chi connectivity index (χ4n) is 1.65. The second-order valence-electron chi connectivity index (χ2n) is 5.09. The number of nitrogens with zero attached hydrogens (tertiary/aromatic N) is 1. The van der Waals surface area contributed by atoms with E-state index in [1.54, 1.807) is 24.3 Å². The third kappa shape index (κ3) is 3.71. The van der Waals surface area contributed by atoms with Crippen LogP contribution in [0.3, 0.4) is 0 Å². The Kier molecular flexibility index (Phi) is 5.56. The first-order chi connectivity index (χ1) is 9.27. The monoisotopic (exact) mass is 300 g/mol. The van der Waals surface area contributed by atoms with Gasteiger partial charge < -0.3 is 10.5 Å². The van der Waals surface area contributed by atoms with Crippen molar-refractivity contribution in [3.05, 3.63) is 24.3 Å². The summed E-state index contributed by atoms with van der Waals surface area (Å²) in [6, 6.07) is 6.63. The standard InChI is InChI=1S/C14H24N2O3S/c1-5-14(15,6-2)11-19-12-9-7-8-10-13(12)20(17,18)16(3)4/h7-10H,5-6,11,15H2,1-4H3. The predicted molar refractivity (Wildman–Crippen MR) is 80.3 cm³/mol. The van der Waals surface area contributed by atoms with Gasteiger partial charge in [-0.05, 0) is 25.0 Å². The number of rotatable bonds is 7. The summed E-state index contributed by atoms with van der Waals surface area (Å²) >= 11 is 0. The maximum absolute atomic E-state index is 12.2. The molecule has 0 fully saturated rings. The highest BCUT2D eigenvalue weighted by Crippen LogP contribution is 2.26. The van der Waals surface area contributed by atoms with Gasteiger partial charge in [0.15, 0.2) is 0 Å². The lowest BCUT2D eigenvalue weighted by Crippen LogP contribution is -2.44. The van der Waals surface area contributed by atoms with Gasteiger partial charge in [0.05, 0.1) is 0 Å². The number of para-hydroxylation sites is 1. The van der Waals surface area contributed by atoms with Gasteiger partial charge in [-0.2, -0.15) is 0 Å². The smallest absolute Gasteiger partial charge is 0.246 e. The molecule has 20 heavy (non-hydrogen) atoms. The summed E-state index contributed by atoms with van der Waals surface area (Å²) in [6.45, 7) is 4.28. The van der Waals surface area contributed by atoms with Crippen LogP contribution in [-0.2, 0) is 10.0 Å². The molecular formula is C14H24N2O3S. The van der Waals surface area contributed by atoms with E-state index < -0.39 is 15.6 Å². The molecule has 0 atom stereocenters. The highest BCUT2D eigenvalue weighted by atomic mass is 32.2. The predicted octanol–water partition coefficient (Wildman–Crippen LogP) is 1.83. The van der Waals surface area contributed by atoms with Gasteiger partial charge in [0, 0.05) is 19.6 Å². The van der Waals surface area contributed by atoms with Crippen molar-refractivity contribution in [3.63, 3.8) is 0 Å². The number of hydrogen-bond donors (Lipinski definition) is 1. The summed E-state index contributed by atoms with van der Waals surface area (Å²) in [6.07, 6.45) is 1.54. The molecule has 6 heteroatoms. The largest absolute Gasteiger partial charge is 0.490 e. The zero-order chi connectivity index (χ0) is 15.4. The van der Waals surface area contributed by atoms with Crippen LogP contribution in [0.15, 0.2) is 29.2 Å². The Bertz CT molecular complexity index is 537. The number of benzene rings is 1. The fourth-order valence-corrected chi connectivity index (χ4v) is 2.68. The summed E-state index contributed by atoms with van der Waals surface area (Å²) in [4.78, 5) is 0.166. The molecule has 0 aliphatic rings. The normalized spacial score (nSPS) is 12.7. The Morgan fingerprint density at radius 3 is 2.25 bits per heavy atom. The third-order valence-electron chi connectivity index (χ3n) is 3.53. The molecule has 0 aromatic heterocycles. The molecule has 0 saturated heterocycles. The molecule has 0 bridgehead atoms. The SMILES string of the molecule is CCC(N)(CC)COc1ccccc1S(=O)(=O)N(C)C. The minimum atomic E-state index is -3.52. The summed E-state index contributed by atoms with van der Waals surface area (Å²) in [5, 5.41) is 0. The molecule has 2 N–H and O–H groups in total. The highest BCUT2D eigenvalue weighted by Gasteiger charge is 2.25. The maximum Gasteiger partial charge on any atom is 0.246 e. The van der Waals surface area contributed by atoms with Crippen LogP contribution in [0.4, 0.5) is 0 Å². The molecule has 0 unspecified atom stereocenters. The van der Waals surface area contributed by atoms with Crippen LogP contribution in [0.2, 0.25) is 0 Å². The molecule has 0 aliphatic carbocycles. The Balaban J connectivity index is 3.04. The molecule has 0 saturated carbocycles. The van der Waals surface area contributed by atoms with Crippen molar-refractivity contribution in [2.75, 3.05) is 20.7 Å². The molecule has 0 aliphatic heterocycles. The van der Waals surface area contributed by atoms with Gasteiger partial charge in [-0.3, -0.25) is 0 Å². The second-order valence-corrected chi connectivity index (χ2v) is 7.21. The van der Waals surface area contributed by atoms with Crippen molar-refractivity contribution in [2.24, 2.45) is 5.73 Å². The van der Waals surface area contributed by atoms with Gasteiger partial charge in [0.25, 0.3) is 0 Å². The number of nitrogens with two attached hydrogens (primary N) is 1. The molecule has 1 rings (SSSR count). The molecule has 1 aromatic carbocycles. The third-order valence-corrected chi connectivity index (χ3v) is 5.39. The minimum Gasteiger partial charge on any atom is -0.490 e. The van der Waals surface area contributed by atoms with Gasteiger partial charge in [0.1, 0.15) is 17.3 Å². The van der Waals surface area contributed by atoms with Crippen molar-refractivity contribution in [1.29, 1.82) is 0 Å². The first kappa shape index (κ1) is 16.9. The molecule has 5 nitrogen and oxygen atoms in total. The average molecular weight is 300 g/mol. The van der Waals surface area contributed by atoms with Crippen molar-refractivity contribution in [3.8, 4) is 5.75 Å². The van der Waals surface area contributed by atoms with Gasteiger partial charge >= 0.3 is 0 Å². The van der Waals surface area contributed by atoms with Crippen LogP contribution in [0.5, 0.6) is 5.75 Å². The van der Waals surface area contributed by atoms with E-state index >= 15 is 0 Å². The Labute approximate surface area is 121 Å². The van der Waals surface area contributed by atoms with Crippen LogP contribution >= 0.6 is 0 Å². The van der Waals surface area contributed by atoms with Crippen LogP contribution < -0.4 is 10.5 Å². The zero-order valence-electron chi connectivity index (χ0n) is 12.6. The molecule has 0 amide bonds. The summed E-state index contributed by atoms with van der Waals surface area (Å²) in [7, 11) is -0.526. The van der Waals surface area contributed by atoms with Crippen molar-refractivity contribution >= 4 is 10.0 Å². The van der Waals surface area contributed by atoms with E-state index in [2.05, 4.69) is 0 Å². The van der Waals surface area contributed by atoms with Crippen LogP contribution in [0, 0.1) is 0 Å². The topological polar surface area (TPSA) is 72.6 Å². The van der Waals surface area contributed by atoms with Crippen LogP contribution in [0.1, 0.15) is 26.7 Å². The Hall–Kier alpha value is -1.11. The summed E-state index contributed by atoms with van der Waals surface area (Å²) in [5.41, 5.74) is 5.74. The Morgan fingerprint density at radius 1 is 1.20 bits per heavy atom. The van der Waals surface area contributed by atoms with Gasteiger partial charge in [-0.15, -0.1) is 0 Å². The number of sulfonamides is 1. The van der Waals surface area contributed by atoms with Crippen molar-refractivity contribution in [1.82, 2.24) is 4.31 Å². The van der Waals surface area contributed by atoms with Gasteiger partial charge in [0.2, 0.25) is 10.0 Å². The lowest BCUT2D eigenvalue weighted by Gasteiger charge is -2.27. The molecule has 1 aromatic rings. The highest BCUT2D eigenvalue weighted by molar-refractivity contribution is 7.89. The lowest BCUT2D eigenvalue weighted by molar-refractivity contribution is 0.203. The molecule has 0 spiro atoms. The van der Waals surface area contributed by atoms with E-state index in [1.165, 1.54) is 18.4 Å². The van der Waals surface area contributed by atoms with E-state index in [4.69, 9.17) is 10.5 Å². The lowest BCUT2D eigenvalue weighted by atomic mass is 9.96. The number of hydrogen-bond acceptors (Lipinski definition) is 4. The molecule has 0 heterocycles. The fraction of sp³-hybridized carbons (Fsp3) is 0.571. The van der Waals surface area contributed by atoms with E-state index in [0.29, 0.717) is 12.4 Å². The van der Waals surface area contributed by atoms with Gasteiger partial charge in [-0.1, -0.05) is 26.0 Å². The molecule has 114 valence electrons. The first-order valence-electron chi connectivity index (χ1n) is 6.70. The van der Waals surface area contributed by atoms with Crippen LogP contribution in [-0.4, -0.2) is 39.0 Å². The van der Waals surface area contributed by atoms with E-state index in [1.807, 2.05) is 13.8 Å². The summed E-state index contributed by atoms with van der Waals surface area (Å²) < 4.78 is 31.3. The van der Waals surface area contributed by atoms with E-state index in [9.17, 15) is 8.42 Å². The number of ether oxygens (including phenoxy) is 1. The first-order valence-corrected chi connectivity index (χ1v) is 8.14. The second kappa shape index (κ2) is 6.56. The average Bonchev–Trinajstić information content (AvgIpc) is 2.44. The molecular weight excluding hydrogens is 276 g/mol. The molecule has 0 radical (unpaired) electrons. The van der Waals surface area contributed by atoms with E-state index in [0.717, 1.165) is 12.8 Å². The van der Waals surface area contributed by atoms with Crippen LogP contribution in [0.25, 0.3) is 0 Å². The van der Waals surface area contributed by atoms with Crippen molar-refractivity contribution in [2.45, 2.75) is 37.1 Å². The maximum atomic E-state index is 12.2.